The van der Waals surface area contributed by atoms with Crippen LogP contribution in [-0.2, 0) is 0 Å². The molecule has 5 nitrogen and oxygen atoms in total. The van der Waals surface area contributed by atoms with Crippen molar-refractivity contribution in [1.82, 2.24) is 14.8 Å². The van der Waals surface area contributed by atoms with Gasteiger partial charge in [0.2, 0.25) is 0 Å². The molecule has 0 aliphatic heterocycles. The van der Waals surface area contributed by atoms with Gasteiger partial charge in [0.1, 0.15) is 0 Å². The minimum atomic E-state index is 0.150. The van der Waals surface area contributed by atoms with Crippen LogP contribution in [0, 0.1) is 13.8 Å². The molecule has 0 aliphatic rings. The Morgan fingerprint density at radius 1 is 1.69 bits per heavy atom. The normalized spacial score (nSPS) is 11.4. The molecule has 16 heavy (non-hydrogen) atoms. The number of fused-ring (bicyclic) bond motifs is 1. The summed E-state index contributed by atoms with van der Waals surface area (Å²) in [7, 11) is 0. The maximum atomic E-state index is 5.28. The topological polar surface area (TPSA) is 67.7 Å². The van der Waals surface area contributed by atoms with E-state index in [4.69, 9.17) is 5.73 Å². The first-order chi connectivity index (χ1) is 7.59. The van der Waals surface area contributed by atoms with Crippen molar-refractivity contribution in [2.24, 2.45) is 10.8 Å². The summed E-state index contributed by atoms with van der Waals surface area (Å²) in [6, 6.07) is 0. The number of rotatable bonds is 2. The van der Waals surface area contributed by atoms with Gasteiger partial charge in [0.05, 0.1) is 17.6 Å². The molecule has 3 N–H and O–H groups in total. The summed E-state index contributed by atoms with van der Waals surface area (Å²) < 4.78 is 2.05. The van der Waals surface area contributed by atoms with Gasteiger partial charge in [-0.2, -0.15) is 5.10 Å². The second kappa shape index (κ2) is 4.18. The van der Waals surface area contributed by atoms with Crippen LogP contribution in [0.1, 0.15) is 17.1 Å². The number of aromatic nitrogens is 2. The third kappa shape index (κ3) is 1.91. The van der Waals surface area contributed by atoms with E-state index in [1.807, 2.05) is 18.2 Å². The minimum Gasteiger partial charge on any atom is -0.375 e. The number of aryl methyl sites for hydroxylation is 2. The van der Waals surface area contributed by atoms with Crippen LogP contribution in [0.2, 0.25) is 0 Å². The van der Waals surface area contributed by atoms with Crippen LogP contribution in [0.5, 0.6) is 0 Å². The average Bonchev–Trinajstić information content (AvgIpc) is 2.69. The summed E-state index contributed by atoms with van der Waals surface area (Å²) in [6.07, 6.45) is 1.67. The van der Waals surface area contributed by atoms with Crippen molar-refractivity contribution in [1.29, 1.82) is 0 Å². The van der Waals surface area contributed by atoms with E-state index in [1.165, 1.54) is 0 Å². The van der Waals surface area contributed by atoms with Crippen LogP contribution >= 0.6 is 23.6 Å². The van der Waals surface area contributed by atoms with E-state index in [0.29, 0.717) is 0 Å². The van der Waals surface area contributed by atoms with Crippen LogP contribution < -0.4 is 11.2 Å². The Balaban J connectivity index is 2.42. The number of imidazole rings is 1. The molecule has 0 saturated heterocycles. The van der Waals surface area contributed by atoms with Crippen LogP contribution in [0.15, 0.2) is 10.5 Å². The number of hydrogen-bond acceptors (Lipinski definition) is 4. The lowest BCUT2D eigenvalue weighted by Crippen LogP contribution is -2.24. The first-order valence-electron chi connectivity index (χ1n) is 4.61. The van der Waals surface area contributed by atoms with E-state index in [0.717, 1.165) is 22.0 Å². The number of hydrazone groups is 1. The Kier molecular flexibility index (Phi) is 2.88. The summed E-state index contributed by atoms with van der Waals surface area (Å²) in [6.45, 7) is 3.98. The van der Waals surface area contributed by atoms with Crippen LogP contribution in [0.4, 0.5) is 0 Å². The van der Waals surface area contributed by atoms with Gasteiger partial charge < -0.3 is 5.73 Å². The molecule has 0 radical (unpaired) electrons. The molecule has 0 unspecified atom stereocenters. The van der Waals surface area contributed by atoms with Crippen molar-refractivity contribution < 1.29 is 0 Å². The van der Waals surface area contributed by atoms with Gasteiger partial charge in [-0.3, -0.25) is 9.83 Å². The van der Waals surface area contributed by atoms with E-state index in [-0.39, 0.29) is 5.11 Å². The Bertz CT molecular complexity index is 566. The highest BCUT2D eigenvalue weighted by molar-refractivity contribution is 7.80. The molecule has 84 valence electrons. The smallest absolute Gasteiger partial charge is 0.194 e. The van der Waals surface area contributed by atoms with E-state index in [1.54, 1.807) is 17.6 Å². The molecule has 0 fully saturated rings. The largest absolute Gasteiger partial charge is 0.375 e. The lowest BCUT2D eigenvalue weighted by molar-refractivity contribution is 1.03. The second-order valence-electron chi connectivity index (χ2n) is 3.31. The summed E-state index contributed by atoms with van der Waals surface area (Å²) in [5, 5.41) is 6.15. The maximum Gasteiger partial charge on any atom is 0.194 e. The van der Waals surface area contributed by atoms with Gasteiger partial charge in [-0.15, -0.1) is 11.3 Å². The Morgan fingerprint density at radius 3 is 3.12 bits per heavy atom. The zero-order valence-electron chi connectivity index (χ0n) is 8.89. The first kappa shape index (κ1) is 11.0. The molecule has 2 heterocycles. The van der Waals surface area contributed by atoms with E-state index >= 15 is 0 Å². The van der Waals surface area contributed by atoms with Crippen molar-refractivity contribution in [2.75, 3.05) is 0 Å². The number of hydrogen-bond donors (Lipinski definition) is 2. The van der Waals surface area contributed by atoms with Gasteiger partial charge in [0, 0.05) is 11.1 Å². The predicted octanol–water partition coefficient (Wildman–Crippen LogP) is 1.18. The quantitative estimate of drug-likeness (QED) is 0.479. The summed E-state index contributed by atoms with van der Waals surface area (Å²) in [5.74, 6) is 0. The number of nitrogens with one attached hydrogen (secondary N) is 1. The first-order valence-corrected chi connectivity index (χ1v) is 5.90. The third-order valence-electron chi connectivity index (χ3n) is 2.12. The van der Waals surface area contributed by atoms with E-state index < -0.39 is 0 Å². The molecule has 0 atom stereocenters. The lowest BCUT2D eigenvalue weighted by Gasteiger charge is -1.96. The van der Waals surface area contributed by atoms with Crippen molar-refractivity contribution >= 4 is 39.8 Å². The van der Waals surface area contributed by atoms with Gasteiger partial charge in [0.25, 0.3) is 0 Å². The van der Waals surface area contributed by atoms with Crippen LogP contribution in [-0.4, -0.2) is 20.7 Å². The van der Waals surface area contributed by atoms with E-state index in [9.17, 15) is 0 Å². The van der Waals surface area contributed by atoms with Crippen molar-refractivity contribution in [3.05, 3.63) is 22.5 Å². The fourth-order valence-corrected chi connectivity index (χ4v) is 2.41. The molecule has 2 aromatic rings. The molecule has 0 aliphatic carbocycles. The molecule has 0 spiro atoms. The number of thiazole rings is 1. The highest BCUT2D eigenvalue weighted by Gasteiger charge is 2.09. The van der Waals surface area contributed by atoms with E-state index in [2.05, 4.69) is 33.1 Å². The monoisotopic (exact) mass is 253 g/mol. The van der Waals surface area contributed by atoms with Crippen LogP contribution in [0.3, 0.4) is 0 Å². The summed E-state index contributed by atoms with van der Waals surface area (Å²) >= 11 is 6.27. The maximum absolute atomic E-state index is 5.28. The molecule has 7 heteroatoms. The Hall–Kier alpha value is -1.47. The van der Waals surface area contributed by atoms with Crippen LogP contribution in [0.25, 0.3) is 4.96 Å². The second-order valence-corrected chi connectivity index (χ2v) is 4.59. The molecular formula is C9H11N5S2. The molecular weight excluding hydrogens is 242 g/mol. The van der Waals surface area contributed by atoms with Crippen molar-refractivity contribution in [3.8, 4) is 0 Å². The Morgan fingerprint density at radius 2 is 2.44 bits per heavy atom. The van der Waals surface area contributed by atoms with Gasteiger partial charge in [-0.05, 0) is 26.1 Å². The molecule has 0 aromatic carbocycles. The lowest BCUT2D eigenvalue weighted by atomic mass is 10.3. The zero-order chi connectivity index (χ0) is 11.7. The highest BCUT2D eigenvalue weighted by atomic mass is 32.1. The fraction of sp³-hybridized carbons (Fsp3) is 0.222. The summed E-state index contributed by atoms with van der Waals surface area (Å²) in [4.78, 5) is 5.39. The fourth-order valence-electron chi connectivity index (χ4n) is 1.43. The standard InChI is InChI=1S/C9H11N5S2/c1-5-4-16-9-12-6(2)7(14(5)9)3-11-13-8(10)15/h3-4H,1-2H3,(H3,10,13,15). The minimum absolute atomic E-state index is 0.150. The molecule has 2 rings (SSSR count). The average molecular weight is 253 g/mol. The predicted molar refractivity (Wildman–Crippen MR) is 70.1 cm³/mol. The molecule has 0 saturated carbocycles. The zero-order valence-corrected chi connectivity index (χ0v) is 10.5. The van der Waals surface area contributed by atoms with Gasteiger partial charge in [-0.25, -0.2) is 4.98 Å². The molecule has 0 bridgehead atoms. The number of nitrogens with zero attached hydrogens (tertiary/aromatic N) is 3. The molecule has 0 amide bonds. The van der Waals surface area contributed by atoms with Crippen molar-refractivity contribution in [2.45, 2.75) is 13.8 Å². The van der Waals surface area contributed by atoms with Gasteiger partial charge in [0.15, 0.2) is 10.1 Å². The highest BCUT2D eigenvalue weighted by Crippen LogP contribution is 2.18. The SMILES string of the molecule is Cc1nc2scc(C)n2c1C=NNC(N)=S. The number of thiocarbonyl (C=S) groups is 1. The third-order valence-corrected chi connectivity index (χ3v) is 3.15. The van der Waals surface area contributed by atoms with Gasteiger partial charge in [-0.1, -0.05) is 0 Å². The van der Waals surface area contributed by atoms with Crippen molar-refractivity contribution in [3.63, 3.8) is 0 Å². The number of nitrogens with two attached hydrogens (primary N) is 1. The summed E-state index contributed by atoms with van der Waals surface area (Å²) in [5.41, 5.74) is 10.8. The van der Waals surface area contributed by atoms with Gasteiger partial charge >= 0.3 is 0 Å². The Labute approximate surface area is 102 Å². The molecule has 2 aromatic heterocycles.